The van der Waals surface area contributed by atoms with E-state index in [2.05, 4.69) is 48.4 Å². The van der Waals surface area contributed by atoms with E-state index in [4.69, 9.17) is 4.98 Å². The van der Waals surface area contributed by atoms with Crippen molar-refractivity contribution < 1.29 is 5.11 Å². The average molecular weight is 334 g/mol. The molecule has 0 radical (unpaired) electrons. The van der Waals surface area contributed by atoms with E-state index >= 15 is 0 Å². The number of aromatic nitrogens is 2. The number of aliphatic hydroxyl groups excluding tert-OH is 1. The van der Waals surface area contributed by atoms with Gasteiger partial charge >= 0.3 is 0 Å². The second-order valence-electron chi connectivity index (χ2n) is 7.65. The summed E-state index contributed by atoms with van der Waals surface area (Å²) in [6.45, 7) is 7.02. The summed E-state index contributed by atoms with van der Waals surface area (Å²) in [5.41, 5.74) is 4.90. The molecule has 2 heterocycles. The van der Waals surface area contributed by atoms with Crippen molar-refractivity contribution >= 4 is 6.08 Å². The molecule has 0 saturated heterocycles. The van der Waals surface area contributed by atoms with Gasteiger partial charge < -0.3 is 9.67 Å². The van der Waals surface area contributed by atoms with Gasteiger partial charge in [0.05, 0.1) is 23.8 Å². The molecule has 2 aliphatic rings. The lowest BCUT2D eigenvalue weighted by atomic mass is 9.61. The Morgan fingerprint density at radius 2 is 2.20 bits per heavy atom. The van der Waals surface area contributed by atoms with Gasteiger partial charge in [0.15, 0.2) is 0 Å². The highest BCUT2D eigenvalue weighted by molar-refractivity contribution is 5.72. The Balaban J connectivity index is 1.74. The maximum atomic E-state index is 10.7. The van der Waals surface area contributed by atoms with Crippen molar-refractivity contribution in [3.63, 3.8) is 0 Å². The third kappa shape index (κ3) is 2.67. The van der Waals surface area contributed by atoms with Gasteiger partial charge in [-0.1, -0.05) is 48.9 Å². The largest absolute Gasteiger partial charge is 0.392 e. The minimum Gasteiger partial charge on any atom is -0.392 e. The van der Waals surface area contributed by atoms with Crippen LogP contribution in [0.15, 0.2) is 54.9 Å². The highest BCUT2D eigenvalue weighted by atomic mass is 16.3. The maximum Gasteiger partial charge on any atom is 0.0958 e. The molecule has 1 saturated carbocycles. The molecule has 1 aliphatic carbocycles. The van der Waals surface area contributed by atoms with Crippen molar-refractivity contribution in [2.45, 2.75) is 45.3 Å². The van der Waals surface area contributed by atoms with Crippen LogP contribution in [0.5, 0.6) is 0 Å². The van der Waals surface area contributed by atoms with Crippen LogP contribution in [0, 0.1) is 11.3 Å². The normalized spacial score (nSPS) is 26.3. The van der Waals surface area contributed by atoms with E-state index in [-0.39, 0.29) is 17.4 Å². The Morgan fingerprint density at radius 3 is 2.96 bits per heavy atom. The van der Waals surface area contributed by atoms with E-state index in [9.17, 15) is 5.11 Å². The van der Waals surface area contributed by atoms with E-state index in [0.717, 1.165) is 37.1 Å². The molecule has 3 atom stereocenters. The predicted molar refractivity (Wildman–Crippen MR) is 102 cm³/mol. The number of benzene rings is 1. The summed E-state index contributed by atoms with van der Waals surface area (Å²) in [5, 5.41) is 10.7. The fourth-order valence-electron chi connectivity index (χ4n) is 4.77. The van der Waals surface area contributed by atoms with Gasteiger partial charge in [-0.3, -0.25) is 0 Å². The number of imidazole rings is 1. The van der Waals surface area contributed by atoms with E-state index in [0.29, 0.717) is 6.42 Å². The second-order valence-corrected chi connectivity index (χ2v) is 7.65. The van der Waals surface area contributed by atoms with E-state index in [1.807, 2.05) is 18.5 Å². The van der Waals surface area contributed by atoms with Gasteiger partial charge in [-0.15, -0.1) is 6.58 Å². The van der Waals surface area contributed by atoms with Crippen LogP contribution < -0.4 is 0 Å². The molecule has 1 N–H and O–H groups in total. The van der Waals surface area contributed by atoms with Crippen LogP contribution in [-0.4, -0.2) is 20.8 Å². The van der Waals surface area contributed by atoms with Crippen molar-refractivity contribution in [1.82, 2.24) is 9.55 Å². The molecular weight excluding hydrogens is 308 g/mol. The van der Waals surface area contributed by atoms with E-state index in [1.165, 1.54) is 11.3 Å². The molecule has 2 aromatic rings. The van der Waals surface area contributed by atoms with E-state index in [1.54, 1.807) is 0 Å². The first kappa shape index (κ1) is 16.3. The summed E-state index contributed by atoms with van der Waals surface area (Å²) >= 11 is 0. The van der Waals surface area contributed by atoms with Crippen molar-refractivity contribution in [2.75, 3.05) is 0 Å². The molecule has 3 nitrogen and oxygen atoms in total. The van der Waals surface area contributed by atoms with Crippen molar-refractivity contribution in [3.05, 3.63) is 60.6 Å². The molecule has 0 amide bonds. The van der Waals surface area contributed by atoms with Crippen LogP contribution in [-0.2, 0) is 6.54 Å². The van der Waals surface area contributed by atoms with Crippen LogP contribution in [0.4, 0.5) is 0 Å². The van der Waals surface area contributed by atoms with Crippen molar-refractivity contribution in [1.29, 1.82) is 0 Å². The highest BCUT2D eigenvalue weighted by Gasteiger charge is 2.45. The number of rotatable bonds is 4. The zero-order valence-electron chi connectivity index (χ0n) is 14.9. The van der Waals surface area contributed by atoms with Crippen LogP contribution in [0.25, 0.3) is 17.3 Å². The molecule has 3 heteroatoms. The summed E-state index contributed by atoms with van der Waals surface area (Å²) in [7, 11) is 0. The third-order valence-electron chi connectivity index (χ3n) is 6.12. The number of nitrogens with zero attached hydrogens (tertiary/aromatic N) is 2. The minimum absolute atomic E-state index is 0.00232. The number of hydrogen-bond donors (Lipinski definition) is 1. The first-order valence-corrected chi connectivity index (χ1v) is 9.24. The fraction of sp³-hybridized carbons (Fsp3) is 0.409. The topological polar surface area (TPSA) is 38.1 Å². The molecule has 1 aromatic heterocycles. The first-order chi connectivity index (χ1) is 12.1. The third-order valence-corrected chi connectivity index (χ3v) is 6.12. The Kier molecular flexibility index (Phi) is 4.12. The smallest absolute Gasteiger partial charge is 0.0958 e. The monoisotopic (exact) mass is 334 g/mol. The first-order valence-electron chi connectivity index (χ1n) is 9.24. The molecule has 25 heavy (non-hydrogen) atoms. The SMILES string of the molecule is C=CCC(O)[C@H]1CCCC2=Cc3c(-c4ccccc4)ncn3C[C@@]21C. The molecule has 1 unspecified atom stereocenters. The second kappa shape index (κ2) is 6.30. The number of aliphatic hydroxyl groups is 1. The lowest BCUT2D eigenvalue weighted by Crippen LogP contribution is -2.44. The molecule has 1 aliphatic heterocycles. The van der Waals surface area contributed by atoms with Gasteiger partial charge in [-0.25, -0.2) is 4.98 Å². The number of allylic oxidation sites excluding steroid dienone is 1. The van der Waals surface area contributed by atoms with E-state index < -0.39 is 0 Å². The maximum absolute atomic E-state index is 10.7. The average Bonchev–Trinajstić information content (AvgIpc) is 3.01. The molecule has 1 fully saturated rings. The summed E-state index contributed by atoms with van der Waals surface area (Å²) in [4.78, 5) is 4.70. The van der Waals surface area contributed by atoms with Gasteiger partial charge in [-0.2, -0.15) is 0 Å². The van der Waals surface area contributed by atoms with Crippen LogP contribution in [0.1, 0.15) is 38.3 Å². The summed E-state index contributed by atoms with van der Waals surface area (Å²) in [5.74, 6) is 0.279. The van der Waals surface area contributed by atoms with Gasteiger partial charge in [0, 0.05) is 17.5 Å². The van der Waals surface area contributed by atoms with Gasteiger partial charge in [0.2, 0.25) is 0 Å². The van der Waals surface area contributed by atoms with Crippen LogP contribution >= 0.6 is 0 Å². The highest BCUT2D eigenvalue weighted by Crippen LogP contribution is 2.51. The van der Waals surface area contributed by atoms with Crippen molar-refractivity contribution in [2.24, 2.45) is 11.3 Å². The molecule has 0 bridgehead atoms. The Labute approximate surface area is 149 Å². The lowest BCUT2D eigenvalue weighted by Gasteiger charge is -2.48. The standard InChI is InChI=1S/C22H26N2O/c1-3-8-20(25)18-12-7-11-17-13-19-21(16-9-5-4-6-10-16)23-15-24(19)14-22(17,18)2/h3-6,9-10,13,15,18,20,25H,1,7-8,11-12,14H2,2H3/t18-,20?,22+/m1/s1. The summed E-state index contributed by atoms with van der Waals surface area (Å²) in [6.07, 6.45) is 9.84. The zero-order valence-corrected chi connectivity index (χ0v) is 14.9. The number of hydrogen-bond acceptors (Lipinski definition) is 2. The predicted octanol–water partition coefficient (Wildman–Crippen LogP) is 4.69. The molecule has 1 aromatic carbocycles. The van der Waals surface area contributed by atoms with Crippen LogP contribution in [0.3, 0.4) is 0 Å². The zero-order chi connectivity index (χ0) is 17.4. The Morgan fingerprint density at radius 1 is 1.40 bits per heavy atom. The summed E-state index contributed by atoms with van der Waals surface area (Å²) in [6, 6.07) is 10.4. The van der Waals surface area contributed by atoms with Crippen molar-refractivity contribution in [3.8, 4) is 11.3 Å². The van der Waals surface area contributed by atoms with Gasteiger partial charge in [-0.05, 0) is 37.7 Å². The Bertz CT molecular complexity index is 805. The minimum atomic E-state index is -0.315. The van der Waals surface area contributed by atoms with Crippen LogP contribution in [0.2, 0.25) is 0 Å². The quantitative estimate of drug-likeness (QED) is 0.824. The molecule has 0 spiro atoms. The lowest BCUT2D eigenvalue weighted by molar-refractivity contribution is 0.0158. The Hall–Kier alpha value is -2.13. The fourth-order valence-corrected chi connectivity index (χ4v) is 4.77. The summed E-state index contributed by atoms with van der Waals surface area (Å²) < 4.78 is 2.27. The number of fused-ring (bicyclic) bond motifs is 2. The molecular formula is C22H26N2O. The molecule has 130 valence electrons. The van der Waals surface area contributed by atoms with Gasteiger partial charge in [0.25, 0.3) is 0 Å². The molecule has 4 rings (SSSR count). The van der Waals surface area contributed by atoms with Gasteiger partial charge in [0.1, 0.15) is 0 Å².